The number of nitrogens with zero attached hydrogens (tertiary/aromatic N) is 9. The second kappa shape index (κ2) is 12.6. The van der Waals surface area contributed by atoms with E-state index in [2.05, 4.69) is 39.3 Å². The number of hydrogen-bond donors (Lipinski definition) is 0. The van der Waals surface area contributed by atoms with Crippen molar-refractivity contribution in [1.82, 2.24) is 29.2 Å². The number of likely N-dealkylation sites (N-methyl/N-ethyl adjacent to an activating group) is 1. The van der Waals surface area contributed by atoms with Crippen LogP contribution in [0, 0.1) is 11.3 Å². The van der Waals surface area contributed by atoms with Gasteiger partial charge in [-0.15, -0.1) is 0 Å². The first-order chi connectivity index (χ1) is 22.8. The Morgan fingerprint density at radius 1 is 1.09 bits per heavy atom. The fourth-order valence-corrected chi connectivity index (χ4v) is 7.46. The predicted octanol–water partition coefficient (Wildman–Crippen LogP) is 2.17. The summed E-state index contributed by atoms with van der Waals surface area (Å²) in [7, 11) is 3.95. The van der Waals surface area contributed by atoms with E-state index in [1.54, 1.807) is 22.7 Å². The number of benzene rings is 1. The summed E-state index contributed by atoms with van der Waals surface area (Å²) in [5.74, 6) is 0.658. The van der Waals surface area contributed by atoms with Crippen LogP contribution in [0.25, 0.3) is 10.8 Å². The van der Waals surface area contributed by atoms with Crippen molar-refractivity contribution in [2.45, 2.75) is 43.8 Å². The molecule has 3 aliphatic heterocycles. The molecule has 1 saturated carbocycles. The van der Waals surface area contributed by atoms with E-state index in [0.717, 1.165) is 67.2 Å². The second-order valence-corrected chi connectivity index (χ2v) is 13.4. The molecule has 2 aromatic heterocycles. The van der Waals surface area contributed by atoms with Gasteiger partial charge >= 0.3 is 6.01 Å². The Morgan fingerprint density at radius 3 is 2.64 bits per heavy atom. The number of rotatable bonds is 8. The number of nitriles is 1. The summed E-state index contributed by atoms with van der Waals surface area (Å²) in [6.45, 7) is 11.1. The number of piperazine rings is 2. The van der Waals surface area contributed by atoms with Gasteiger partial charge in [0.2, 0.25) is 5.91 Å². The molecular formula is C35H43N9O3. The molecule has 12 nitrogen and oxygen atoms in total. The van der Waals surface area contributed by atoms with Crippen molar-refractivity contribution in [3.05, 3.63) is 64.7 Å². The minimum absolute atomic E-state index is 0.0228. The standard InChI is InChI=1S/C35H43N9O3/c1-4-30(45)44-21-18-42(22-26(44)8-13-36)32-27-10-15-41(29-7-5-6-25-9-14-40(3)33(46)31(25)29)23-28(27)37-34(38-32)47-24-35(11-12-35)43-19-16-39(2)17-20-43/h4-7,9,14,26H,1,8,10-12,15-24H2,2-3H3/t26-/m0/s1. The largest absolute Gasteiger partial charge is 0.461 e. The fourth-order valence-electron chi connectivity index (χ4n) is 7.46. The van der Waals surface area contributed by atoms with Crippen molar-refractivity contribution in [1.29, 1.82) is 5.26 Å². The van der Waals surface area contributed by atoms with E-state index in [1.807, 2.05) is 24.3 Å². The monoisotopic (exact) mass is 637 g/mol. The lowest BCUT2D eigenvalue weighted by Gasteiger charge is -2.42. The Labute approximate surface area is 275 Å². The van der Waals surface area contributed by atoms with Crippen molar-refractivity contribution in [2.75, 3.05) is 75.8 Å². The molecule has 0 bridgehead atoms. The molecule has 0 spiro atoms. The number of carbonyl (C=O) groups excluding carboxylic acids is 1. The molecule has 3 fully saturated rings. The molecular weight excluding hydrogens is 594 g/mol. The zero-order valence-electron chi connectivity index (χ0n) is 27.4. The lowest BCUT2D eigenvalue weighted by Crippen LogP contribution is -2.55. The van der Waals surface area contributed by atoms with Gasteiger partial charge in [0.05, 0.1) is 47.4 Å². The molecule has 0 N–H and O–H groups in total. The average Bonchev–Trinajstić information content (AvgIpc) is 3.89. The molecule has 1 aliphatic carbocycles. The number of hydrogen-bond acceptors (Lipinski definition) is 10. The second-order valence-electron chi connectivity index (χ2n) is 13.4. The number of fused-ring (bicyclic) bond motifs is 2. The maximum absolute atomic E-state index is 13.3. The van der Waals surface area contributed by atoms with E-state index >= 15 is 0 Å². The normalized spacial score (nSPS) is 21.3. The molecule has 1 atom stereocenters. The molecule has 3 aromatic rings. The summed E-state index contributed by atoms with van der Waals surface area (Å²) in [5.41, 5.74) is 2.85. The van der Waals surface area contributed by atoms with Crippen LogP contribution in [0.2, 0.25) is 0 Å². The van der Waals surface area contributed by atoms with Gasteiger partial charge in [0.1, 0.15) is 12.4 Å². The van der Waals surface area contributed by atoms with Crippen molar-refractivity contribution in [2.24, 2.45) is 7.05 Å². The minimum Gasteiger partial charge on any atom is -0.461 e. The summed E-state index contributed by atoms with van der Waals surface area (Å²) in [6, 6.07) is 10.3. The topological polar surface area (TPSA) is 114 Å². The predicted molar refractivity (Wildman–Crippen MR) is 181 cm³/mol. The van der Waals surface area contributed by atoms with Crippen LogP contribution in [-0.4, -0.2) is 113 Å². The first-order valence-corrected chi connectivity index (χ1v) is 16.6. The fraction of sp³-hybridized carbons (Fsp3) is 0.514. The molecule has 0 radical (unpaired) electrons. The third-order valence-electron chi connectivity index (χ3n) is 10.5. The van der Waals surface area contributed by atoms with Crippen molar-refractivity contribution in [3.8, 4) is 12.1 Å². The number of anilines is 2. The van der Waals surface area contributed by atoms with Crippen LogP contribution in [0.3, 0.4) is 0 Å². The quantitative estimate of drug-likeness (QED) is 0.341. The molecule has 12 heteroatoms. The van der Waals surface area contributed by atoms with Crippen LogP contribution >= 0.6 is 0 Å². The van der Waals surface area contributed by atoms with Crippen LogP contribution in [-0.2, 0) is 24.8 Å². The maximum Gasteiger partial charge on any atom is 0.318 e. The molecule has 5 heterocycles. The summed E-state index contributed by atoms with van der Waals surface area (Å²) in [6.07, 6.45) is 6.25. The lowest BCUT2D eigenvalue weighted by atomic mass is 10.0. The van der Waals surface area contributed by atoms with Crippen LogP contribution in [0.15, 0.2) is 47.9 Å². The van der Waals surface area contributed by atoms with E-state index in [0.29, 0.717) is 57.1 Å². The van der Waals surface area contributed by atoms with Gasteiger partial charge in [-0.1, -0.05) is 18.7 Å². The summed E-state index contributed by atoms with van der Waals surface area (Å²) in [5, 5.41) is 11.2. The first kappa shape index (κ1) is 31.1. The highest BCUT2D eigenvalue weighted by atomic mass is 16.5. The van der Waals surface area contributed by atoms with E-state index < -0.39 is 0 Å². The van der Waals surface area contributed by atoms with E-state index in [-0.39, 0.29) is 29.5 Å². The molecule has 0 unspecified atom stereocenters. The molecule has 1 amide bonds. The van der Waals surface area contributed by atoms with Gasteiger partial charge in [-0.05, 0) is 49.9 Å². The van der Waals surface area contributed by atoms with Gasteiger partial charge in [0.15, 0.2) is 0 Å². The van der Waals surface area contributed by atoms with Crippen molar-refractivity contribution in [3.63, 3.8) is 0 Å². The Hall–Kier alpha value is -4.47. The minimum atomic E-state index is -0.270. The third kappa shape index (κ3) is 5.94. The first-order valence-electron chi connectivity index (χ1n) is 16.6. The van der Waals surface area contributed by atoms with Gasteiger partial charge in [0.25, 0.3) is 5.56 Å². The molecule has 1 aromatic carbocycles. The average molecular weight is 638 g/mol. The van der Waals surface area contributed by atoms with Crippen LogP contribution in [0.1, 0.15) is 30.5 Å². The van der Waals surface area contributed by atoms with Crippen LogP contribution in [0.4, 0.5) is 11.5 Å². The SMILES string of the molecule is C=CC(=O)N1CCN(c2nc(OCC3(N4CCN(C)CC4)CC3)nc3c2CCN(c2cccc4ccn(C)c(=O)c24)C3)C[C@@H]1CC#N. The Kier molecular flexibility index (Phi) is 8.36. The molecule has 246 valence electrons. The number of pyridine rings is 1. The lowest BCUT2D eigenvalue weighted by molar-refractivity contribution is -0.128. The number of carbonyl (C=O) groups is 1. The highest BCUT2D eigenvalue weighted by Crippen LogP contribution is 2.43. The van der Waals surface area contributed by atoms with Crippen molar-refractivity contribution >= 4 is 28.2 Å². The number of aromatic nitrogens is 3. The highest BCUT2D eigenvalue weighted by Gasteiger charge is 2.49. The van der Waals surface area contributed by atoms with Gasteiger partial charge in [0, 0.05) is 71.2 Å². The summed E-state index contributed by atoms with van der Waals surface area (Å²) >= 11 is 0. The molecule has 2 saturated heterocycles. The summed E-state index contributed by atoms with van der Waals surface area (Å²) < 4.78 is 8.13. The third-order valence-corrected chi connectivity index (χ3v) is 10.5. The Balaban J connectivity index is 1.21. The van der Waals surface area contributed by atoms with Crippen molar-refractivity contribution < 1.29 is 9.53 Å². The Bertz CT molecular complexity index is 1790. The zero-order chi connectivity index (χ0) is 32.7. The van der Waals surface area contributed by atoms with Gasteiger partial charge in [-0.2, -0.15) is 15.2 Å². The van der Waals surface area contributed by atoms with Gasteiger partial charge in [-0.25, -0.2) is 0 Å². The van der Waals surface area contributed by atoms with E-state index in [4.69, 9.17) is 14.7 Å². The molecule has 7 rings (SSSR count). The summed E-state index contributed by atoms with van der Waals surface area (Å²) in [4.78, 5) is 47.1. The zero-order valence-corrected chi connectivity index (χ0v) is 27.4. The van der Waals surface area contributed by atoms with E-state index in [9.17, 15) is 14.9 Å². The number of aryl methyl sites for hydroxylation is 1. The van der Waals surface area contributed by atoms with Crippen LogP contribution < -0.4 is 20.1 Å². The van der Waals surface area contributed by atoms with Gasteiger partial charge in [-0.3, -0.25) is 14.5 Å². The molecule has 47 heavy (non-hydrogen) atoms. The highest BCUT2D eigenvalue weighted by molar-refractivity contribution is 5.93. The maximum atomic E-state index is 13.3. The number of ether oxygens (including phenoxy) is 1. The Morgan fingerprint density at radius 2 is 1.89 bits per heavy atom. The number of amides is 1. The van der Waals surface area contributed by atoms with Gasteiger partial charge < -0.3 is 28.9 Å². The molecule has 4 aliphatic rings. The smallest absolute Gasteiger partial charge is 0.318 e. The van der Waals surface area contributed by atoms with E-state index in [1.165, 1.54) is 6.08 Å². The van der Waals surface area contributed by atoms with Crippen LogP contribution in [0.5, 0.6) is 6.01 Å².